The minimum Gasteiger partial charge on any atom is -0.378 e. The Morgan fingerprint density at radius 2 is 1.89 bits per heavy atom. The van der Waals surface area contributed by atoms with E-state index in [1.165, 1.54) is 11.2 Å². The highest BCUT2D eigenvalue weighted by atomic mass is 32.2. The van der Waals surface area contributed by atoms with Gasteiger partial charge in [0.1, 0.15) is 16.8 Å². The maximum absolute atomic E-state index is 14.0. The van der Waals surface area contributed by atoms with Crippen LogP contribution in [0.2, 0.25) is 0 Å². The van der Waals surface area contributed by atoms with E-state index in [0.717, 1.165) is 6.07 Å². The van der Waals surface area contributed by atoms with Gasteiger partial charge in [0, 0.05) is 44.2 Å². The Bertz CT molecular complexity index is 863. The highest BCUT2D eigenvalue weighted by molar-refractivity contribution is 7.89. The number of pyridine rings is 1. The lowest BCUT2D eigenvalue weighted by molar-refractivity contribution is -0.141. The van der Waals surface area contributed by atoms with E-state index >= 15 is 0 Å². The van der Waals surface area contributed by atoms with Crippen molar-refractivity contribution in [1.29, 1.82) is 0 Å². The highest BCUT2D eigenvalue weighted by Gasteiger charge is 2.57. The van der Waals surface area contributed by atoms with Crippen molar-refractivity contribution >= 4 is 10.0 Å². The standard InChI is InChI=1S/C17H21F4N3O3S/c1-11-14(2-3-15(22-11)17(19,20)21)28(25,26)24-9-16(10-24)7-23(8-16)13-4-5-27-6-12(13)18/h2-3,12-13H,4-10H2,1H3/t12-,13+/m0/s1. The molecule has 0 N–H and O–H groups in total. The molecular weight excluding hydrogens is 402 g/mol. The number of hydrogen-bond acceptors (Lipinski definition) is 5. The molecule has 0 radical (unpaired) electrons. The Hall–Kier alpha value is -1.30. The van der Waals surface area contributed by atoms with E-state index in [1.54, 1.807) is 0 Å². The fourth-order valence-corrected chi connectivity index (χ4v) is 6.17. The summed E-state index contributed by atoms with van der Waals surface area (Å²) in [4.78, 5) is 5.23. The molecule has 0 aliphatic carbocycles. The second-order valence-electron chi connectivity index (χ2n) is 7.90. The van der Waals surface area contributed by atoms with Crippen molar-refractivity contribution in [3.05, 3.63) is 23.5 Å². The first-order chi connectivity index (χ1) is 13.0. The quantitative estimate of drug-likeness (QED) is 0.695. The Morgan fingerprint density at radius 3 is 2.46 bits per heavy atom. The predicted molar refractivity (Wildman–Crippen MR) is 90.9 cm³/mol. The van der Waals surface area contributed by atoms with Crippen LogP contribution in [0.1, 0.15) is 17.8 Å². The number of ether oxygens (including phenoxy) is 1. The van der Waals surface area contributed by atoms with Gasteiger partial charge in [-0.15, -0.1) is 0 Å². The molecule has 156 valence electrons. The van der Waals surface area contributed by atoms with Crippen molar-refractivity contribution in [2.75, 3.05) is 39.4 Å². The van der Waals surface area contributed by atoms with E-state index in [2.05, 4.69) is 4.98 Å². The molecule has 0 aromatic carbocycles. The summed E-state index contributed by atoms with van der Waals surface area (Å²) >= 11 is 0. The van der Waals surface area contributed by atoms with Gasteiger partial charge in [0.15, 0.2) is 0 Å². The third-order valence-electron chi connectivity index (χ3n) is 5.77. The Labute approximate surface area is 160 Å². The molecule has 0 saturated carbocycles. The predicted octanol–water partition coefficient (Wildman–Crippen LogP) is 1.84. The second kappa shape index (κ2) is 6.61. The number of rotatable bonds is 3. The number of aryl methyl sites for hydroxylation is 1. The second-order valence-corrected chi connectivity index (χ2v) is 9.81. The molecule has 1 aromatic heterocycles. The third kappa shape index (κ3) is 3.31. The molecule has 4 rings (SSSR count). The molecule has 2 atom stereocenters. The van der Waals surface area contributed by atoms with Crippen LogP contribution in [0.5, 0.6) is 0 Å². The summed E-state index contributed by atoms with van der Waals surface area (Å²) in [6.45, 7) is 3.68. The largest absolute Gasteiger partial charge is 0.433 e. The number of halogens is 4. The molecule has 3 fully saturated rings. The Kier molecular flexibility index (Phi) is 4.72. The zero-order chi connectivity index (χ0) is 20.3. The van der Waals surface area contributed by atoms with E-state index < -0.39 is 28.1 Å². The molecule has 3 aliphatic rings. The van der Waals surface area contributed by atoms with E-state index in [9.17, 15) is 26.0 Å². The van der Waals surface area contributed by atoms with Gasteiger partial charge in [-0.25, -0.2) is 17.8 Å². The fourth-order valence-electron chi connectivity index (χ4n) is 4.34. The number of alkyl halides is 4. The third-order valence-corrected chi connectivity index (χ3v) is 7.69. The van der Waals surface area contributed by atoms with Gasteiger partial charge < -0.3 is 4.74 Å². The first-order valence-corrected chi connectivity index (χ1v) is 10.5. The lowest BCUT2D eigenvalue weighted by Crippen LogP contribution is -2.75. The smallest absolute Gasteiger partial charge is 0.378 e. The average molecular weight is 423 g/mol. The van der Waals surface area contributed by atoms with Crippen LogP contribution in [-0.2, 0) is 20.9 Å². The maximum Gasteiger partial charge on any atom is 0.433 e. The van der Waals surface area contributed by atoms with Crippen molar-refractivity contribution < 1.29 is 30.7 Å². The van der Waals surface area contributed by atoms with Crippen LogP contribution in [0.15, 0.2) is 17.0 Å². The number of nitrogens with zero attached hydrogens (tertiary/aromatic N) is 3. The first-order valence-electron chi connectivity index (χ1n) is 9.03. The molecule has 0 bridgehead atoms. The molecule has 0 unspecified atom stereocenters. The van der Waals surface area contributed by atoms with Gasteiger partial charge in [-0.05, 0) is 25.5 Å². The van der Waals surface area contributed by atoms with Crippen LogP contribution in [-0.4, -0.2) is 74.2 Å². The van der Waals surface area contributed by atoms with Crippen molar-refractivity contribution in [3.8, 4) is 0 Å². The lowest BCUT2D eigenvalue weighted by atomic mass is 9.73. The Morgan fingerprint density at radius 1 is 1.21 bits per heavy atom. The van der Waals surface area contributed by atoms with Crippen molar-refractivity contribution in [3.63, 3.8) is 0 Å². The monoisotopic (exact) mass is 423 g/mol. The molecule has 11 heteroatoms. The molecule has 1 spiro atoms. The van der Waals surface area contributed by atoms with Gasteiger partial charge >= 0.3 is 6.18 Å². The van der Waals surface area contributed by atoms with Crippen LogP contribution in [0.4, 0.5) is 17.6 Å². The van der Waals surface area contributed by atoms with Gasteiger partial charge in [-0.1, -0.05) is 0 Å². The molecule has 4 heterocycles. The van der Waals surface area contributed by atoms with Crippen molar-refractivity contribution in [1.82, 2.24) is 14.2 Å². The van der Waals surface area contributed by atoms with Gasteiger partial charge in [-0.2, -0.15) is 17.5 Å². The molecule has 0 amide bonds. The van der Waals surface area contributed by atoms with Crippen LogP contribution in [0, 0.1) is 12.3 Å². The molecule has 1 aromatic rings. The molecule has 28 heavy (non-hydrogen) atoms. The van der Waals surface area contributed by atoms with E-state index in [1.807, 2.05) is 4.90 Å². The summed E-state index contributed by atoms with van der Waals surface area (Å²) in [6.07, 6.45) is -5.04. The zero-order valence-electron chi connectivity index (χ0n) is 15.2. The summed E-state index contributed by atoms with van der Waals surface area (Å²) in [7, 11) is -3.90. The topological polar surface area (TPSA) is 62.7 Å². The van der Waals surface area contributed by atoms with E-state index in [-0.39, 0.29) is 41.7 Å². The summed E-state index contributed by atoms with van der Waals surface area (Å²) in [5, 5.41) is 0. The van der Waals surface area contributed by atoms with Gasteiger partial charge in [-0.3, -0.25) is 4.90 Å². The van der Waals surface area contributed by atoms with E-state index in [0.29, 0.717) is 32.2 Å². The highest BCUT2D eigenvalue weighted by Crippen LogP contribution is 2.44. The fraction of sp³-hybridized carbons (Fsp3) is 0.706. The van der Waals surface area contributed by atoms with Gasteiger partial charge in [0.05, 0.1) is 12.3 Å². The number of aromatic nitrogens is 1. The van der Waals surface area contributed by atoms with Crippen LogP contribution in [0.3, 0.4) is 0 Å². The average Bonchev–Trinajstić information content (AvgIpc) is 2.52. The molecule has 3 aliphatic heterocycles. The van der Waals surface area contributed by atoms with Crippen molar-refractivity contribution in [2.24, 2.45) is 5.41 Å². The summed E-state index contributed by atoms with van der Waals surface area (Å²) in [5.41, 5.74) is -1.48. The number of likely N-dealkylation sites (tertiary alicyclic amines) is 1. The number of hydrogen-bond donors (Lipinski definition) is 0. The van der Waals surface area contributed by atoms with Crippen LogP contribution in [0.25, 0.3) is 0 Å². The zero-order valence-corrected chi connectivity index (χ0v) is 16.1. The normalized spacial score (nSPS) is 28.8. The summed E-state index contributed by atoms with van der Waals surface area (Å²) in [6, 6.07) is 1.47. The SMILES string of the molecule is Cc1nc(C(F)(F)F)ccc1S(=O)(=O)N1CC2(CN([C@@H]3CCOC[C@@H]3F)C2)C1. The number of sulfonamides is 1. The van der Waals surface area contributed by atoms with Gasteiger partial charge in [0.2, 0.25) is 10.0 Å². The van der Waals surface area contributed by atoms with Crippen molar-refractivity contribution in [2.45, 2.75) is 36.6 Å². The maximum atomic E-state index is 14.0. The molecular formula is C17H21F4N3O3S. The lowest BCUT2D eigenvalue weighted by Gasteiger charge is -2.61. The van der Waals surface area contributed by atoms with Gasteiger partial charge in [0.25, 0.3) is 0 Å². The Balaban J connectivity index is 1.41. The minimum atomic E-state index is -4.62. The van der Waals surface area contributed by atoms with Crippen LogP contribution >= 0.6 is 0 Å². The van der Waals surface area contributed by atoms with E-state index in [4.69, 9.17) is 4.74 Å². The first kappa shape index (κ1) is 20.0. The molecule has 6 nitrogen and oxygen atoms in total. The molecule has 3 saturated heterocycles. The van der Waals surface area contributed by atoms with Crippen LogP contribution < -0.4 is 0 Å². The minimum absolute atomic E-state index is 0.0921. The summed E-state index contributed by atoms with van der Waals surface area (Å²) < 4.78 is 84.1. The summed E-state index contributed by atoms with van der Waals surface area (Å²) in [5.74, 6) is 0.